The topological polar surface area (TPSA) is 58.6 Å². The van der Waals surface area contributed by atoms with Gasteiger partial charge in [0, 0.05) is 10.5 Å². The van der Waals surface area contributed by atoms with E-state index in [-0.39, 0.29) is 30.2 Å². The van der Waals surface area contributed by atoms with Gasteiger partial charge in [0.05, 0.1) is 5.69 Å². The molecule has 1 aliphatic heterocycles. The van der Waals surface area contributed by atoms with Gasteiger partial charge in [-0.1, -0.05) is 73.0 Å². The number of fused-ring (bicyclic) bond motifs is 1. The summed E-state index contributed by atoms with van der Waals surface area (Å²) in [6, 6.07) is 15.1. The van der Waals surface area contributed by atoms with Crippen LogP contribution in [0.4, 0.5) is 5.69 Å². The summed E-state index contributed by atoms with van der Waals surface area (Å²) in [6.45, 7) is 4.40. The molecule has 6 heteroatoms. The number of nitrogens with zero attached hydrogens (tertiary/aromatic N) is 1. The summed E-state index contributed by atoms with van der Waals surface area (Å²) in [4.78, 5) is 27.7. The van der Waals surface area contributed by atoms with Gasteiger partial charge in [-0.3, -0.25) is 14.5 Å². The predicted molar refractivity (Wildman–Crippen MR) is 126 cm³/mol. The number of benzene rings is 2. The van der Waals surface area contributed by atoms with Crippen molar-refractivity contribution < 1.29 is 14.3 Å². The van der Waals surface area contributed by atoms with Crippen LogP contribution in [-0.2, 0) is 9.59 Å². The number of rotatable bonds is 4. The molecular formula is C25H27BrN2O3. The number of para-hydroxylation sites is 2. The quantitative estimate of drug-likeness (QED) is 0.612. The van der Waals surface area contributed by atoms with Crippen molar-refractivity contribution >= 4 is 39.5 Å². The van der Waals surface area contributed by atoms with Crippen LogP contribution in [-0.4, -0.2) is 24.4 Å². The first-order valence-electron chi connectivity index (χ1n) is 10.8. The largest absolute Gasteiger partial charge is 0.449 e. The third-order valence-corrected chi connectivity index (χ3v) is 7.10. The van der Waals surface area contributed by atoms with Crippen LogP contribution in [0.15, 0.2) is 58.8 Å². The molecule has 2 aliphatic rings. The Morgan fingerprint density at radius 2 is 1.90 bits per heavy atom. The van der Waals surface area contributed by atoms with E-state index in [9.17, 15) is 9.59 Å². The van der Waals surface area contributed by atoms with Crippen molar-refractivity contribution in [2.45, 2.75) is 39.2 Å². The molecule has 0 saturated heterocycles. The van der Waals surface area contributed by atoms with E-state index in [0.717, 1.165) is 22.9 Å². The minimum absolute atomic E-state index is 0.0376. The summed E-state index contributed by atoms with van der Waals surface area (Å²) in [6.07, 6.45) is 5.01. The Hall–Kier alpha value is -2.60. The monoisotopic (exact) mass is 482 g/mol. The molecule has 1 saturated carbocycles. The van der Waals surface area contributed by atoms with Crippen molar-refractivity contribution in [1.29, 1.82) is 0 Å². The summed E-state index contributed by atoms with van der Waals surface area (Å²) < 4.78 is 6.78. The molecule has 4 rings (SSSR count). The summed E-state index contributed by atoms with van der Waals surface area (Å²) >= 11 is 3.51. The predicted octanol–water partition coefficient (Wildman–Crippen LogP) is 5.16. The van der Waals surface area contributed by atoms with Gasteiger partial charge in [-0.2, -0.15) is 0 Å². The third kappa shape index (κ3) is 4.69. The molecule has 0 aromatic heterocycles. The van der Waals surface area contributed by atoms with E-state index >= 15 is 0 Å². The second-order valence-corrected chi connectivity index (χ2v) is 9.29. The molecule has 31 heavy (non-hydrogen) atoms. The number of ether oxygens (including phenoxy) is 1. The standard InChI is InChI=1S/C25H27BrN2O3/c1-16-8-7-11-20(17(16)2)27-24(29)15-28-21-12-5-6-13-22(21)31-23(25(28)30)14-18-9-3-4-10-19(18)26/h3-6,9-10,12-14,16-17,20H,7-8,11,15H2,1-2H3,(H,27,29)/b23-14+/t16-,17-,20+/m1/s1. The van der Waals surface area contributed by atoms with E-state index in [1.54, 1.807) is 12.1 Å². The molecule has 5 nitrogen and oxygen atoms in total. The number of nitrogens with one attached hydrogen (secondary N) is 1. The molecule has 3 atom stereocenters. The average molecular weight is 483 g/mol. The summed E-state index contributed by atoms with van der Waals surface area (Å²) in [5.41, 5.74) is 1.44. The van der Waals surface area contributed by atoms with E-state index in [2.05, 4.69) is 35.1 Å². The zero-order valence-electron chi connectivity index (χ0n) is 17.8. The Bertz CT molecular complexity index is 1020. The maximum atomic E-state index is 13.3. The Kier molecular flexibility index (Phi) is 6.46. The van der Waals surface area contributed by atoms with Crippen molar-refractivity contribution in [3.05, 3.63) is 64.3 Å². The fourth-order valence-corrected chi connectivity index (χ4v) is 4.73. The minimum atomic E-state index is -0.324. The van der Waals surface area contributed by atoms with Gasteiger partial charge in [0.2, 0.25) is 5.91 Å². The highest BCUT2D eigenvalue weighted by Crippen LogP contribution is 2.36. The number of carbonyl (C=O) groups is 2. The van der Waals surface area contributed by atoms with E-state index in [4.69, 9.17) is 4.74 Å². The number of amides is 2. The average Bonchev–Trinajstić information content (AvgIpc) is 2.76. The SMILES string of the molecule is C[C@@H]1[C@H](C)CCC[C@@H]1NC(=O)CN1C(=O)/C(=C\c2ccccc2Br)Oc2ccccc21. The molecule has 2 aromatic rings. The normalized spacial score (nSPS) is 24.5. The van der Waals surface area contributed by atoms with Gasteiger partial charge in [-0.15, -0.1) is 0 Å². The zero-order valence-corrected chi connectivity index (χ0v) is 19.4. The molecule has 0 spiro atoms. The van der Waals surface area contributed by atoms with Crippen molar-refractivity contribution in [2.75, 3.05) is 11.4 Å². The lowest BCUT2D eigenvalue weighted by molar-refractivity contribution is -0.124. The van der Waals surface area contributed by atoms with Crippen molar-refractivity contribution in [1.82, 2.24) is 5.32 Å². The molecule has 0 bridgehead atoms. The first-order chi connectivity index (χ1) is 14.9. The number of hydrogen-bond donors (Lipinski definition) is 1. The fraction of sp³-hybridized carbons (Fsp3) is 0.360. The molecule has 0 unspecified atom stereocenters. The Morgan fingerprint density at radius 1 is 1.16 bits per heavy atom. The maximum Gasteiger partial charge on any atom is 0.294 e. The molecule has 0 radical (unpaired) electrons. The summed E-state index contributed by atoms with van der Waals surface area (Å²) in [7, 11) is 0. The molecular weight excluding hydrogens is 456 g/mol. The Labute approximate surface area is 191 Å². The van der Waals surface area contributed by atoms with E-state index in [0.29, 0.717) is 23.3 Å². The number of halogens is 1. The number of carbonyl (C=O) groups excluding carboxylic acids is 2. The van der Waals surface area contributed by atoms with Gasteiger partial charge in [-0.25, -0.2) is 0 Å². The van der Waals surface area contributed by atoms with Crippen molar-refractivity contribution in [2.24, 2.45) is 11.8 Å². The summed E-state index contributed by atoms with van der Waals surface area (Å²) in [5.74, 6) is 1.30. The Morgan fingerprint density at radius 3 is 2.71 bits per heavy atom. The first kappa shape index (κ1) is 21.6. The highest BCUT2D eigenvalue weighted by atomic mass is 79.9. The zero-order chi connectivity index (χ0) is 22.0. The first-order valence-corrected chi connectivity index (χ1v) is 11.6. The minimum Gasteiger partial charge on any atom is -0.449 e. The second kappa shape index (κ2) is 9.27. The number of hydrogen-bond acceptors (Lipinski definition) is 3. The molecule has 1 heterocycles. The highest BCUT2D eigenvalue weighted by molar-refractivity contribution is 9.10. The van der Waals surface area contributed by atoms with Crippen LogP contribution in [0.1, 0.15) is 38.7 Å². The van der Waals surface area contributed by atoms with Crippen LogP contribution in [0.5, 0.6) is 5.75 Å². The van der Waals surface area contributed by atoms with Crippen LogP contribution in [0.2, 0.25) is 0 Å². The van der Waals surface area contributed by atoms with Gasteiger partial charge in [0.25, 0.3) is 5.91 Å². The third-order valence-electron chi connectivity index (χ3n) is 6.38. The lowest BCUT2D eigenvalue weighted by atomic mass is 9.78. The smallest absolute Gasteiger partial charge is 0.294 e. The van der Waals surface area contributed by atoms with Crippen LogP contribution in [0.3, 0.4) is 0 Å². The van der Waals surface area contributed by atoms with Crippen LogP contribution >= 0.6 is 15.9 Å². The maximum absolute atomic E-state index is 13.3. The van der Waals surface area contributed by atoms with E-state index < -0.39 is 0 Å². The molecule has 1 N–H and O–H groups in total. The van der Waals surface area contributed by atoms with Crippen LogP contribution in [0.25, 0.3) is 6.08 Å². The lowest BCUT2D eigenvalue weighted by Crippen LogP contribution is -2.49. The van der Waals surface area contributed by atoms with E-state index in [1.807, 2.05) is 42.5 Å². The summed E-state index contributed by atoms with van der Waals surface area (Å²) in [5, 5.41) is 3.17. The van der Waals surface area contributed by atoms with Crippen LogP contribution in [0, 0.1) is 11.8 Å². The van der Waals surface area contributed by atoms with Crippen molar-refractivity contribution in [3.8, 4) is 5.75 Å². The van der Waals surface area contributed by atoms with Gasteiger partial charge < -0.3 is 10.1 Å². The molecule has 1 aliphatic carbocycles. The lowest BCUT2D eigenvalue weighted by Gasteiger charge is -2.35. The van der Waals surface area contributed by atoms with E-state index in [1.165, 1.54) is 11.3 Å². The Balaban J connectivity index is 1.58. The van der Waals surface area contributed by atoms with Crippen LogP contribution < -0.4 is 15.0 Å². The van der Waals surface area contributed by atoms with Gasteiger partial charge in [-0.05, 0) is 48.1 Å². The molecule has 2 aromatic carbocycles. The van der Waals surface area contributed by atoms with Gasteiger partial charge >= 0.3 is 0 Å². The fourth-order valence-electron chi connectivity index (χ4n) is 4.33. The van der Waals surface area contributed by atoms with Gasteiger partial charge in [0.15, 0.2) is 11.5 Å². The molecule has 2 amide bonds. The second-order valence-electron chi connectivity index (χ2n) is 8.43. The molecule has 1 fully saturated rings. The van der Waals surface area contributed by atoms with Crippen molar-refractivity contribution in [3.63, 3.8) is 0 Å². The number of anilines is 1. The highest BCUT2D eigenvalue weighted by Gasteiger charge is 2.33. The van der Waals surface area contributed by atoms with Gasteiger partial charge in [0.1, 0.15) is 6.54 Å². The molecule has 162 valence electrons.